The summed E-state index contributed by atoms with van der Waals surface area (Å²) in [7, 11) is 0. The van der Waals surface area contributed by atoms with E-state index in [1.54, 1.807) is 24.3 Å². The number of amides is 1. The topological polar surface area (TPSA) is 98.4 Å². The van der Waals surface area contributed by atoms with Gasteiger partial charge in [-0.1, -0.05) is 0 Å². The lowest BCUT2D eigenvalue weighted by atomic mass is 10.0. The Morgan fingerprint density at radius 1 is 1.13 bits per heavy atom. The van der Waals surface area contributed by atoms with E-state index >= 15 is 0 Å². The van der Waals surface area contributed by atoms with Crippen LogP contribution < -0.4 is 10.2 Å². The van der Waals surface area contributed by atoms with Crippen molar-refractivity contribution < 1.29 is 28.6 Å². The van der Waals surface area contributed by atoms with Gasteiger partial charge in [0, 0.05) is 38.4 Å². The number of aliphatic hydroxyl groups excluding tert-OH is 2. The highest BCUT2D eigenvalue weighted by atomic mass is 19.1. The molecule has 4 unspecified atom stereocenters. The number of carbonyl (C=O) groups is 1. The van der Waals surface area contributed by atoms with Gasteiger partial charge < -0.3 is 29.6 Å². The van der Waals surface area contributed by atoms with Crippen LogP contribution in [0.4, 0.5) is 10.1 Å². The van der Waals surface area contributed by atoms with E-state index in [2.05, 4.69) is 15.1 Å². The van der Waals surface area contributed by atoms with E-state index in [0.29, 0.717) is 26.2 Å². The molecule has 162 valence electrons. The number of halogens is 1. The first kappa shape index (κ1) is 20.8. The first-order valence-corrected chi connectivity index (χ1v) is 10.1. The van der Waals surface area contributed by atoms with E-state index in [0.717, 1.165) is 5.69 Å². The molecule has 2 aromatic rings. The van der Waals surface area contributed by atoms with Crippen LogP contribution in [0.3, 0.4) is 0 Å². The van der Waals surface area contributed by atoms with Crippen LogP contribution in [0.5, 0.6) is 0 Å². The van der Waals surface area contributed by atoms with Crippen molar-refractivity contribution in [1.82, 2.24) is 10.2 Å². The number of nitrogens with one attached hydrogen (secondary N) is 1. The van der Waals surface area contributed by atoms with Gasteiger partial charge in [0.05, 0.1) is 25.0 Å². The standard InChI is InChI=1S/C21H26FN3O5/c22-14-3-5-15(6-4-14)24-7-9-25(10-8-24)19-17(30-18(13-26)20(19)27)12-23-21(28)16-2-1-11-29-16/h1-6,11,17-20,26-27H,7-10,12-13H2,(H,23,28). The molecule has 3 heterocycles. The highest BCUT2D eigenvalue weighted by Gasteiger charge is 2.46. The van der Waals surface area contributed by atoms with E-state index in [1.807, 2.05) is 0 Å². The Labute approximate surface area is 173 Å². The summed E-state index contributed by atoms with van der Waals surface area (Å²) >= 11 is 0. The molecule has 0 aliphatic carbocycles. The molecular weight excluding hydrogens is 393 g/mol. The molecule has 2 aliphatic heterocycles. The number of furan rings is 1. The Hall–Kier alpha value is -2.46. The zero-order chi connectivity index (χ0) is 21.1. The van der Waals surface area contributed by atoms with Gasteiger partial charge in [-0.15, -0.1) is 0 Å². The first-order valence-electron chi connectivity index (χ1n) is 10.1. The van der Waals surface area contributed by atoms with Crippen molar-refractivity contribution in [3.8, 4) is 0 Å². The molecule has 1 aromatic carbocycles. The van der Waals surface area contributed by atoms with Crippen molar-refractivity contribution in [3.05, 3.63) is 54.2 Å². The van der Waals surface area contributed by atoms with E-state index in [9.17, 15) is 19.4 Å². The Balaban J connectivity index is 1.38. The van der Waals surface area contributed by atoms with Crippen LogP contribution in [-0.4, -0.2) is 84.7 Å². The molecule has 2 aliphatic rings. The van der Waals surface area contributed by atoms with Gasteiger partial charge in [-0.25, -0.2) is 4.39 Å². The number of rotatable bonds is 6. The van der Waals surface area contributed by atoms with Crippen LogP contribution in [0.1, 0.15) is 10.6 Å². The van der Waals surface area contributed by atoms with Crippen molar-refractivity contribution in [2.75, 3.05) is 44.2 Å². The minimum atomic E-state index is -0.863. The molecule has 4 rings (SSSR count). The third kappa shape index (κ3) is 4.34. The second kappa shape index (κ2) is 9.13. The van der Waals surface area contributed by atoms with Crippen LogP contribution >= 0.6 is 0 Å². The lowest BCUT2D eigenvalue weighted by molar-refractivity contribution is -0.0209. The molecule has 4 atom stereocenters. The Bertz CT molecular complexity index is 824. The number of benzene rings is 1. The predicted octanol–water partition coefficient (Wildman–Crippen LogP) is 0.460. The largest absolute Gasteiger partial charge is 0.459 e. The lowest BCUT2D eigenvalue weighted by Gasteiger charge is -2.41. The Morgan fingerprint density at radius 3 is 2.50 bits per heavy atom. The van der Waals surface area contributed by atoms with Crippen molar-refractivity contribution in [3.63, 3.8) is 0 Å². The highest BCUT2D eigenvalue weighted by molar-refractivity contribution is 5.91. The van der Waals surface area contributed by atoms with E-state index < -0.39 is 18.3 Å². The van der Waals surface area contributed by atoms with Gasteiger partial charge in [0.25, 0.3) is 5.91 Å². The average Bonchev–Trinajstić information content (AvgIpc) is 3.41. The van der Waals surface area contributed by atoms with Crippen molar-refractivity contribution in [1.29, 1.82) is 0 Å². The quantitative estimate of drug-likeness (QED) is 0.626. The average molecular weight is 419 g/mol. The fourth-order valence-corrected chi connectivity index (χ4v) is 4.21. The van der Waals surface area contributed by atoms with Crippen molar-refractivity contribution in [2.24, 2.45) is 0 Å². The van der Waals surface area contributed by atoms with Gasteiger partial charge in [-0.3, -0.25) is 9.69 Å². The predicted molar refractivity (Wildman–Crippen MR) is 107 cm³/mol. The maximum Gasteiger partial charge on any atom is 0.287 e. The fraction of sp³-hybridized carbons (Fsp3) is 0.476. The van der Waals surface area contributed by atoms with Crippen LogP contribution in [0.2, 0.25) is 0 Å². The van der Waals surface area contributed by atoms with Gasteiger partial charge in [-0.05, 0) is 36.4 Å². The smallest absolute Gasteiger partial charge is 0.287 e. The summed E-state index contributed by atoms with van der Waals surface area (Å²) < 4.78 is 24.1. The molecule has 8 nitrogen and oxygen atoms in total. The maximum atomic E-state index is 13.2. The second-order valence-corrected chi connectivity index (χ2v) is 7.56. The molecular formula is C21H26FN3O5. The normalized spacial score (nSPS) is 27.4. The molecule has 0 radical (unpaired) electrons. The van der Waals surface area contributed by atoms with E-state index in [-0.39, 0.29) is 36.7 Å². The second-order valence-electron chi connectivity index (χ2n) is 7.56. The first-order chi connectivity index (χ1) is 14.6. The number of aliphatic hydroxyl groups is 2. The molecule has 0 bridgehead atoms. The molecule has 2 saturated heterocycles. The summed E-state index contributed by atoms with van der Waals surface area (Å²) in [5.41, 5.74) is 0.953. The number of piperazine rings is 1. The van der Waals surface area contributed by atoms with Gasteiger partial charge in [-0.2, -0.15) is 0 Å². The van der Waals surface area contributed by atoms with Gasteiger partial charge in [0.1, 0.15) is 18.0 Å². The van der Waals surface area contributed by atoms with Crippen molar-refractivity contribution in [2.45, 2.75) is 24.4 Å². The molecule has 1 aromatic heterocycles. The van der Waals surface area contributed by atoms with E-state index in [1.165, 1.54) is 18.4 Å². The summed E-state index contributed by atoms with van der Waals surface area (Å²) in [5, 5.41) is 23.1. The fourth-order valence-electron chi connectivity index (χ4n) is 4.21. The number of ether oxygens (including phenoxy) is 1. The number of anilines is 1. The third-order valence-corrected chi connectivity index (χ3v) is 5.78. The highest BCUT2D eigenvalue weighted by Crippen LogP contribution is 2.27. The number of hydrogen-bond acceptors (Lipinski definition) is 7. The van der Waals surface area contributed by atoms with Crippen LogP contribution in [0.25, 0.3) is 0 Å². The molecule has 1 amide bonds. The van der Waals surface area contributed by atoms with Gasteiger partial charge in [0.15, 0.2) is 5.76 Å². The maximum absolute atomic E-state index is 13.2. The van der Waals surface area contributed by atoms with E-state index in [4.69, 9.17) is 9.15 Å². The summed E-state index contributed by atoms with van der Waals surface area (Å²) in [6.45, 7) is 2.66. The number of carbonyl (C=O) groups excluding carboxylic acids is 1. The molecule has 0 spiro atoms. The SMILES string of the molecule is O=C(NCC1OC(CO)C(O)C1N1CCN(c2ccc(F)cc2)CC1)c1ccco1. The molecule has 30 heavy (non-hydrogen) atoms. The molecule has 2 fully saturated rings. The molecule has 0 saturated carbocycles. The summed E-state index contributed by atoms with van der Waals surface area (Å²) in [6, 6.07) is 9.26. The number of hydrogen-bond donors (Lipinski definition) is 3. The van der Waals surface area contributed by atoms with Crippen LogP contribution in [0.15, 0.2) is 47.1 Å². The Kier molecular flexibility index (Phi) is 6.33. The minimum Gasteiger partial charge on any atom is -0.459 e. The Morgan fingerprint density at radius 2 is 1.87 bits per heavy atom. The zero-order valence-electron chi connectivity index (χ0n) is 16.5. The molecule has 9 heteroatoms. The zero-order valence-corrected chi connectivity index (χ0v) is 16.5. The molecule has 3 N–H and O–H groups in total. The lowest BCUT2D eigenvalue weighted by Crippen LogP contribution is -2.57. The summed E-state index contributed by atoms with van der Waals surface area (Å²) in [6.07, 6.45) is -0.599. The van der Waals surface area contributed by atoms with Crippen LogP contribution in [-0.2, 0) is 4.74 Å². The van der Waals surface area contributed by atoms with Gasteiger partial charge in [0.2, 0.25) is 0 Å². The third-order valence-electron chi connectivity index (χ3n) is 5.78. The van der Waals surface area contributed by atoms with Gasteiger partial charge >= 0.3 is 0 Å². The summed E-state index contributed by atoms with van der Waals surface area (Å²) in [4.78, 5) is 16.5. The minimum absolute atomic E-state index is 0.190. The monoisotopic (exact) mass is 419 g/mol. The van der Waals surface area contributed by atoms with Crippen molar-refractivity contribution >= 4 is 11.6 Å². The number of nitrogens with zero attached hydrogens (tertiary/aromatic N) is 2. The summed E-state index contributed by atoms with van der Waals surface area (Å²) in [5.74, 6) is -0.416. The van der Waals surface area contributed by atoms with Crippen LogP contribution in [0, 0.1) is 5.82 Å².